The maximum absolute atomic E-state index is 10.6. The first-order chi connectivity index (χ1) is 8.15. The smallest absolute Gasteiger partial charge is 0.313 e. The van der Waals surface area contributed by atoms with Crippen LogP contribution in [0.2, 0.25) is 0 Å². The van der Waals surface area contributed by atoms with Gasteiger partial charge >= 0.3 is 5.97 Å². The molecule has 0 radical (unpaired) electrons. The second kappa shape index (κ2) is 5.37. The Morgan fingerprint density at radius 3 is 3.12 bits per heavy atom. The minimum absolute atomic E-state index is 0.0418. The quantitative estimate of drug-likeness (QED) is 0.846. The van der Waals surface area contributed by atoms with Crippen LogP contribution in [-0.4, -0.2) is 26.4 Å². The molecule has 0 amide bonds. The predicted octanol–water partition coefficient (Wildman–Crippen LogP) is 2.48. The Kier molecular flexibility index (Phi) is 3.86. The van der Waals surface area contributed by atoms with Gasteiger partial charge in [-0.25, -0.2) is 4.98 Å². The van der Waals surface area contributed by atoms with Gasteiger partial charge in [0.1, 0.15) is 0 Å². The Bertz CT molecular complexity index is 506. The van der Waals surface area contributed by atoms with Crippen molar-refractivity contribution in [3.05, 3.63) is 34.3 Å². The fourth-order valence-corrected chi connectivity index (χ4v) is 2.86. The van der Waals surface area contributed by atoms with Crippen LogP contribution in [0.15, 0.2) is 28.2 Å². The highest BCUT2D eigenvalue weighted by Crippen LogP contribution is 2.19. The molecule has 4 nitrogen and oxygen atoms in total. The highest BCUT2D eigenvalue weighted by Gasteiger charge is 2.09. The molecule has 6 heteroatoms. The van der Waals surface area contributed by atoms with E-state index >= 15 is 0 Å². The molecule has 0 saturated heterocycles. The molecule has 2 rings (SSSR count). The zero-order chi connectivity index (χ0) is 12.3. The van der Waals surface area contributed by atoms with Crippen molar-refractivity contribution in [2.75, 3.05) is 5.75 Å². The number of aryl methyl sites for hydroxylation is 1. The Labute approximate surface area is 107 Å². The third kappa shape index (κ3) is 3.34. The van der Waals surface area contributed by atoms with Gasteiger partial charge in [-0.1, -0.05) is 11.8 Å². The molecule has 0 aliphatic carbocycles. The van der Waals surface area contributed by atoms with Crippen LogP contribution in [0.4, 0.5) is 0 Å². The molecular formula is C11H12N2O2S2. The van der Waals surface area contributed by atoms with Crippen molar-refractivity contribution < 1.29 is 9.90 Å². The number of carboxylic acid groups (broad SMARTS) is 1. The van der Waals surface area contributed by atoms with Gasteiger partial charge in [0, 0.05) is 6.20 Å². The summed E-state index contributed by atoms with van der Waals surface area (Å²) in [6.45, 7) is 2.65. The van der Waals surface area contributed by atoms with E-state index in [4.69, 9.17) is 5.11 Å². The molecule has 0 bridgehead atoms. The number of aliphatic carboxylic acids is 1. The van der Waals surface area contributed by atoms with Gasteiger partial charge in [0.2, 0.25) is 0 Å². The number of nitrogens with zero attached hydrogens (tertiary/aromatic N) is 2. The second-order valence-corrected chi connectivity index (χ2v) is 5.33. The molecule has 0 aliphatic rings. The largest absolute Gasteiger partial charge is 0.481 e. The summed E-state index contributed by atoms with van der Waals surface area (Å²) in [5, 5.41) is 13.5. The molecule has 90 valence electrons. The van der Waals surface area contributed by atoms with Crippen LogP contribution < -0.4 is 0 Å². The monoisotopic (exact) mass is 268 g/mol. The number of thioether (sulfide) groups is 1. The van der Waals surface area contributed by atoms with Crippen molar-refractivity contribution in [3.8, 4) is 0 Å². The van der Waals surface area contributed by atoms with E-state index < -0.39 is 5.97 Å². The van der Waals surface area contributed by atoms with Gasteiger partial charge in [-0.2, -0.15) is 11.3 Å². The van der Waals surface area contributed by atoms with Gasteiger partial charge in [-0.15, -0.1) is 0 Å². The van der Waals surface area contributed by atoms with Crippen LogP contribution in [0, 0.1) is 6.92 Å². The number of hydrogen-bond acceptors (Lipinski definition) is 4. The van der Waals surface area contributed by atoms with Gasteiger partial charge in [0.05, 0.1) is 18.0 Å². The molecule has 1 N–H and O–H groups in total. The van der Waals surface area contributed by atoms with Crippen molar-refractivity contribution in [1.82, 2.24) is 9.55 Å². The van der Waals surface area contributed by atoms with Gasteiger partial charge in [0.15, 0.2) is 5.16 Å². The fourth-order valence-electron chi connectivity index (χ4n) is 1.46. The number of carboxylic acids is 1. The highest BCUT2D eigenvalue weighted by molar-refractivity contribution is 7.99. The van der Waals surface area contributed by atoms with Crippen LogP contribution in [0.1, 0.15) is 11.3 Å². The van der Waals surface area contributed by atoms with E-state index in [9.17, 15) is 4.79 Å². The molecule has 2 aromatic heterocycles. The molecule has 2 aromatic rings. The van der Waals surface area contributed by atoms with Crippen molar-refractivity contribution in [3.63, 3.8) is 0 Å². The van der Waals surface area contributed by atoms with Crippen LogP contribution in [0.3, 0.4) is 0 Å². The minimum Gasteiger partial charge on any atom is -0.481 e. The summed E-state index contributed by atoms with van der Waals surface area (Å²) >= 11 is 2.91. The molecule has 0 unspecified atom stereocenters. The molecule has 0 aromatic carbocycles. The summed E-state index contributed by atoms with van der Waals surface area (Å²) in [6.07, 6.45) is 1.95. The van der Waals surface area contributed by atoms with Crippen LogP contribution in [0.5, 0.6) is 0 Å². The lowest BCUT2D eigenvalue weighted by Gasteiger charge is -2.04. The number of hydrogen-bond donors (Lipinski definition) is 1. The number of rotatable bonds is 5. The molecular weight excluding hydrogens is 256 g/mol. The van der Waals surface area contributed by atoms with Gasteiger partial charge < -0.3 is 9.67 Å². The molecule has 17 heavy (non-hydrogen) atoms. The van der Waals surface area contributed by atoms with E-state index in [1.807, 2.05) is 23.1 Å². The van der Waals surface area contributed by atoms with Gasteiger partial charge in [-0.05, 0) is 29.3 Å². The van der Waals surface area contributed by atoms with Crippen LogP contribution in [0.25, 0.3) is 0 Å². The lowest BCUT2D eigenvalue weighted by Crippen LogP contribution is -2.03. The highest BCUT2D eigenvalue weighted by atomic mass is 32.2. The fraction of sp³-hybridized carbons (Fsp3) is 0.273. The lowest BCUT2D eigenvalue weighted by molar-refractivity contribution is -0.133. The average Bonchev–Trinajstić information content (AvgIpc) is 2.86. The first-order valence-corrected chi connectivity index (χ1v) is 6.97. The summed E-state index contributed by atoms with van der Waals surface area (Å²) in [5.74, 6) is -0.780. The Balaban J connectivity index is 2.12. The number of carbonyl (C=O) groups is 1. The van der Waals surface area contributed by atoms with Crippen molar-refractivity contribution in [1.29, 1.82) is 0 Å². The van der Waals surface area contributed by atoms with Crippen molar-refractivity contribution in [2.24, 2.45) is 0 Å². The Morgan fingerprint density at radius 1 is 1.65 bits per heavy atom. The van der Waals surface area contributed by atoms with Crippen molar-refractivity contribution in [2.45, 2.75) is 18.6 Å². The average molecular weight is 268 g/mol. The van der Waals surface area contributed by atoms with Crippen molar-refractivity contribution >= 4 is 29.1 Å². The topological polar surface area (TPSA) is 55.1 Å². The Morgan fingerprint density at radius 2 is 2.47 bits per heavy atom. The maximum Gasteiger partial charge on any atom is 0.313 e. The molecule has 0 atom stereocenters. The summed E-state index contributed by atoms with van der Waals surface area (Å²) in [4.78, 5) is 14.9. The summed E-state index contributed by atoms with van der Waals surface area (Å²) < 4.78 is 1.99. The lowest BCUT2D eigenvalue weighted by atomic mass is 10.3. The summed E-state index contributed by atoms with van der Waals surface area (Å²) in [7, 11) is 0. The maximum atomic E-state index is 10.6. The number of thiophene rings is 1. The summed E-state index contributed by atoms with van der Waals surface area (Å²) in [5.41, 5.74) is 2.12. The standard InChI is InChI=1S/C11H12N2O2S2/c1-8-4-13(5-9-2-3-16-6-9)11(12-8)17-7-10(14)15/h2-4,6H,5,7H2,1H3,(H,14,15). The van der Waals surface area contributed by atoms with E-state index in [1.54, 1.807) is 11.3 Å². The van der Waals surface area contributed by atoms with Gasteiger partial charge in [-0.3, -0.25) is 4.79 Å². The minimum atomic E-state index is -0.822. The predicted molar refractivity (Wildman–Crippen MR) is 68.7 cm³/mol. The number of aromatic nitrogens is 2. The summed E-state index contributed by atoms with van der Waals surface area (Å²) in [6, 6.07) is 2.06. The molecule has 0 spiro atoms. The van der Waals surface area contributed by atoms with E-state index in [-0.39, 0.29) is 5.75 Å². The second-order valence-electron chi connectivity index (χ2n) is 3.61. The third-order valence-electron chi connectivity index (χ3n) is 2.12. The molecule has 0 fully saturated rings. The zero-order valence-corrected chi connectivity index (χ0v) is 10.9. The first kappa shape index (κ1) is 12.2. The van der Waals surface area contributed by atoms with Gasteiger partial charge in [0.25, 0.3) is 0 Å². The Hall–Kier alpha value is -1.27. The van der Waals surface area contributed by atoms with Crippen LogP contribution >= 0.6 is 23.1 Å². The molecule has 0 aliphatic heterocycles. The third-order valence-corrected chi connectivity index (χ3v) is 3.83. The number of imidazole rings is 1. The first-order valence-electron chi connectivity index (χ1n) is 5.04. The SMILES string of the molecule is Cc1cn(Cc2ccsc2)c(SCC(=O)O)n1. The van der Waals surface area contributed by atoms with E-state index in [2.05, 4.69) is 16.4 Å². The normalized spacial score (nSPS) is 10.6. The molecule has 2 heterocycles. The molecule has 0 saturated carbocycles. The van der Waals surface area contributed by atoms with Crippen LogP contribution in [-0.2, 0) is 11.3 Å². The van der Waals surface area contributed by atoms with E-state index in [0.29, 0.717) is 0 Å². The van der Waals surface area contributed by atoms with E-state index in [1.165, 1.54) is 17.3 Å². The van der Waals surface area contributed by atoms with E-state index in [0.717, 1.165) is 17.4 Å². The zero-order valence-electron chi connectivity index (χ0n) is 9.29.